The van der Waals surface area contributed by atoms with E-state index in [-0.39, 0.29) is 6.10 Å². The van der Waals surface area contributed by atoms with E-state index in [1.54, 1.807) is 0 Å². The maximum Gasteiger partial charge on any atom is 0.0848 e. The van der Waals surface area contributed by atoms with Gasteiger partial charge in [0, 0.05) is 11.8 Å². The third kappa shape index (κ3) is 3.53. The molecule has 3 nitrogen and oxygen atoms in total. The quantitative estimate of drug-likeness (QED) is 0.914. The minimum absolute atomic E-state index is 0.374. The largest absolute Gasteiger partial charge is 0.388 e. The van der Waals surface area contributed by atoms with Gasteiger partial charge < -0.3 is 5.11 Å². The van der Waals surface area contributed by atoms with E-state index in [1.807, 2.05) is 47.4 Å². The first-order valence-electron chi connectivity index (χ1n) is 8.12. The number of aromatic nitrogens is 2. The van der Waals surface area contributed by atoms with Gasteiger partial charge in [0.15, 0.2) is 0 Å². The molecule has 0 spiro atoms. The molecule has 1 atom stereocenters. The Hall–Kier alpha value is -1.61. The second kappa shape index (κ2) is 6.90. The minimum atomic E-state index is -0.374. The Morgan fingerprint density at radius 3 is 2.38 bits per heavy atom. The molecule has 0 saturated heterocycles. The number of hydrogen-bond acceptors (Lipinski definition) is 2. The summed E-state index contributed by atoms with van der Waals surface area (Å²) in [5, 5.41) is 15.1. The van der Waals surface area contributed by atoms with Crippen LogP contribution in [-0.4, -0.2) is 14.9 Å². The van der Waals surface area contributed by atoms with Crippen molar-refractivity contribution in [3.05, 3.63) is 48.3 Å². The number of aliphatic hydroxyl groups is 1. The van der Waals surface area contributed by atoms with Crippen LogP contribution < -0.4 is 0 Å². The monoisotopic (exact) mass is 284 g/mol. The fraction of sp³-hybridized carbons (Fsp3) is 0.500. The van der Waals surface area contributed by atoms with Gasteiger partial charge in [0.05, 0.1) is 18.0 Å². The average molecular weight is 284 g/mol. The van der Waals surface area contributed by atoms with Gasteiger partial charge in [-0.2, -0.15) is 5.10 Å². The molecule has 0 bridgehead atoms. The predicted molar refractivity (Wildman–Crippen MR) is 84.3 cm³/mol. The highest BCUT2D eigenvalue weighted by Gasteiger charge is 2.22. The van der Waals surface area contributed by atoms with Crippen molar-refractivity contribution in [1.82, 2.24) is 9.78 Å². The first-order valence-corrected chi connectivity index (χ1v) is 8.12. The average Bonchev–Trinajstić information content (AvgIpc) is 2.97. The van der Waals surface area contributed by atoms with Gasteiger partial charge in [0.25, 0.3) is 0 Å². The maximum absolute atomic E-state index is 10.7. The summed E-state index contributed by atoms with van der Waals surface area (Å²) in [6, 6.07) is 10.1. The molecule has 3 heteroatoms. The van der Waals surface area contributed by atoms with Gasteiger partial charge in [-0.05, 0) is 30.9 Å². The molecule has 2 aromatic rings. The summed E-state index contributed by atoms with van der Waals surface area (Å²) in [6.07, 6.45) is 12.2. The number of benzene rings is 1. The van der Waals surface area contributed by atoms with Crippen molar-refractivity contribution in [2.24, 2.45) is 5.92 Å². The molecule has 1 aromatic heterocycles. The van der Waals surface area contributed by atoms with Crippen LogP contribution in [0.25, 0.3) is 5.69 Å². The number of nitrogens with zero attached hydrogens (tertiary/aromatic N) is 2. The van der Waals surface area contributed by atoms with Crippen LogP contribution in [-0.2, 0) is 0 Å². The number of para-hydroxylation sites is 1. The Morgan fingerprint density at radius 2 is 1.67 bits per heavy atom. The summed E-state index contributed by atoms with van der Waals surface area (Å²) in [5.41, 5.74) is 1.98. The Labute approximate surface area is 126 Å². The second-order valence-electron chi connectivity index (χ2n) is 6.10. The Balaban J connectivity index is 1.72. The number of aliphatic hydroxyl groups excluding tert-OH is 1. The Bertz CT molecular complexity index is 541. The van der Waals surface area contributed by atoms with Crippen LogP contribution >= 0.6 is 0 Å². The van der Waals surface area contributed by atoms with E-state index in [4.69, 9.17) is 0 Å². The lowest BCUT2D eigenvalue weighted by molar-refractivity contribution is 0.0912. The van der Waals surface area contributed by atoms with E-state index in [1.165, 1.54) is 32.1 Å². The molecule has 1 N–H and O–H groups in total. The zero-order valence-electron chi connectivity index (χ0n) is 12.5. The SMILES string of the molecule is OC(c1cnn(-c2ccccc2)c1)C1CCCCCCC1. The molecule has 21 heavy (non-hydrogen) atoms. The van der Waals surface area contributed by atoms with Gasteiger partial charge in [0.2, 0.25) is 0 Å². The lowest BCUT2D eigenvalue weighted by Crippen LogP contribution is -2.13. The van der Waals surface area contributed by atoms with Crippen LogP contribution in [0.2, 0.25) is 0 Å². The van der Waals surface area contributed by atoms with E-state index < -0.39 is 0 Å². The molecule has 112 valence electrons. The second-order valence-corrected chi connectivity index (χ2v) is 6.10. The number of rotatable bonds is 3. The summed E-state index contributed by atoms with van der Waals surface area (Å²) in [4.78, 5) is 0. The summed E-state index contributed by atoms with van der Waals surface area (Å²) < 4.78 is 1.85. The van der Waals surface area contributed by atoms with Crippen molar-refractivity contribution in [2.75, 3.05) is 0 Å². The van der Waals surface area contributed by atoms with E-state index in [2.05, 4.69) is 5.10 Å². The topological polar surface area (TPSA) is 38.1 Å². The van der Waals surface area contributed by atoms with Gasteiger partial charge in [-0.15, -0.1) is 0 Å². The molecular formula is C18H24N2O. The molecule has 0 aliphatic heterocycles. The molecule has 1 fully saturated rings. The highest BCUT2D eigenvalue weighted by atomic mass is 16.3. The summed E-state index contributed by atoms with van der Waals surface area (Å²) >= 11 is 0. The minimum Gasteiger partial charge on any atom is -0.388 e. The molecule has 1 aromatic carbocycles. The van der Waals surface area contributed by atoms with Crippen LogP contribution in [0.15, 0.2) is 42.7 Å². The zero-order chi connectivity index (χ0) is 14.5. The number of hydrogen-bond donors (Lipinski definition) is 1. The molecule has 1 aliphatic rings. The van der Waals surface area contributed by atoms with Crippen molar-refractivity contribution in [3.8, 4) is 5.69 Å². The van der Waals surface area contributed by atoms with Crippen LogP contribution in [0, 0.1) is 5.92 Å². The van der Waals surface area contributed by atoms with Crippen molar-refractivity contribution in [1.29, 1.82) is 0 Å². The maximum atomic E-state index is 10.7. The van der Waals surface area contributed by atoms with Gasteiger partial charge in [0.1, 0.15) is 0 Å². The highest BCUT2D eigenvalue weighted by Crippen LogP contribution is 2.32. The first kappa shape index (κ1) is 14.3. The molecule has 3 rings (SSSR count). The van der Waals surface area contributed by atoms with Crippen molar-refractivity contribution in [2.45, 2.75) is 51.0 Å². The first-order chi connectivity index (χ1) is 10.3. The van der Waals surface area contributed by atoms with Crippen molar-refractivity contribution in [3.63, 3.8) is 0 Å². The summed E-state index contributed by atoms with van der Waals surface area (Å²) in [5.74, 6) is 0.388. The van der Waals surface area contributed by atoms with Crippen LogP contribution in [0.1, 0.15) is 56.6 Å². The molecule has 1 heterocycles. The summed E-state index contributed by atoms with van der Waals surface area (Å²) in [7, 11) is 0. The highest BCUT2D eigenvalue weighted by molar-refractivity contribution is 5.31. The standard InChI is InChI=1S/C18H24N2O/c21-18(15-9-5-2-1-3-6-10-15)16-13-19-20(14-16)17-11-7-4-8-12-17/h4,7-8,11-15,18,21H,1-3,5-6,9-10H2. The molecule has 1 saturated carbocycles. The Morgan fingerprint density at radius 1 is 1.00 bits per heavy atom. The lowest BCUT2D eigenvalue weighted by atomic mass is 9.85. The predicted octanol–water partition coefficient (Wildman–Crippen LogP) is 4.27. The van der Waals surface area contributed by atoms with Crippen LogP contribution in [0.3, 0.4) is 0 Å². The van der Waals surface area contributed by atoms with Crippen LogP contribution in [0.4, 0.5) is 0 Å². The third-order valence-electron chi connectivity index (χ3n) is 4.56. The van der Waals surface area contributed by atoms with E-state index in [0.717, 1.165) is 24.1 Å². The normalized spacial score (nSPS) is 18.9. The smallest absolute Gasteiger partial charge is 0.0848 e. The van der Waals surface area contributed by atoms with Gasteiger partial charge in [-0.25, -0.2) is 4.68 Å². The molecule has 0 radical (unpaired) electrons. The van der Waals surface area contributed by atoms with Crippen LogP contribution in [0.5, 0.6) is 0 Å². The van der Waals surface area contributed by atoms with Gasteiger partial charge in [-0.3, -0.25) is 0 Å². The molecule has 0 amide bonds. The fourth-order valence-electron chi connectivity index (χ4n) is 3.29. The summed E-state index contributed by atoms with van der Waals surface area (Å²) in [6.45, 7) is 0. The van der Waals surface area contributed by atoms with E-state index >= 15 is 0 Å². The van der Waals surface area contributed by atoms with E-state index in [0.29, 0.717) is 5.92 Å². The Kier molecular flexibility index (Phi) is 4.71. The van der Waals surface area contributed by atoms with Crippen molar-refractivity contribution < 1.29 is 5.11 Å². The van der Waals surface area contributed by atoms with E-state index in [9.17, 15) is 5.11 Å². The zero-order valence-corrected chi connectivity index (χ0v) is 12.5. The lowest BCUT2D eigenvalue weighted by Gasteiger charge is -2.24. The van der Waals surface area contributed by atoms with Gasteiger partial charge in [-0.1, -0.05) is 50.3 Å². The molecular weight excluding hydrogens is 260 g/mol. The fourth-order valence-corrected chi connectivity index (χ4v) is 3.29. The molecule has 1 aliphatic carbocycles. The van der Waals surface area contributed by atoms with Crippen molar-refractivity contribution >= 4 is 0 Å². The van der Waals surface area contributed by atoms with Gasteiger partial charge >= 0.3 is 0 Å². The third-order valence-corrected chi connectivity index (χ3v) is 4.56. The molecule has 1 unspecified atom stereocenters.